The summed E-state index contributed by atoms with van der Waals surface area (Å²) in [6, 6.07) is 0.353. The van der Waals surface area contributed by atoms with Crippen LogP contribution in [0.25, 0.3) is 0 Å². The number of pyridine rings is 1. The molecule has 0 saturated carbocycles. The third kappa shape index (κ3) is 2.77. The van der Waals surface area contributed by atoms with Gasteiger partial charge in [0.2, 0.25) is 0 Å². The van der Waals surface area contributed by atoms with Gasteiger partial charge >= 0.3 is 0 Å². The molecular weight excluding hydrogens is 284 g/mol. The van der Waals surface area contributed by atoms with E-state index in [1.165, 1.54) is 0 Å². The van der Waals surface area contributed by atoms with Crippen molar-refractivity contribution in [1.29, 1.82) is 0 Å². The zero-order chi connectivity index (χ0) is 13.4. The third-order valence-corrected chi connectivity index (χ3v) is 3.04. The standard InChI is InChI=1S/C6H4ClF2N3O4S/c7-17(15,16)3-1-2(12(13)14)4(5(8)9)11-6(3)10/h1,5H,(H2,10,11). The predicted molar refractivity (Wildman–Crippen MR) is 53.3 cm³/mol. The van der Waals surface area contributed by atoms with Gasteiger partial charge in [-0.2, -0.15) is 0 Å². The largest absolute Gasteiger partial charge is 0.383 e. The lowest BCUT2D eigenvalue weighted by atomic mass is 10.3. The molecular formula is C6H4ClF2N3O4S. The van der Waals surface area contributed by atoms with Crippen LogP contribution >= 0.6 is 10.7 Å². The first-order valence-electron chi connectivity index (χ1n) is 3.82. The molecule has 0 saturated heterocycles. The highest BCUT2D eigenvalue weighted by Gasteiger charge is 2.29. The first-order chi connectivity index (χ1) is 7.64. The average molecular weight is 288 g/mol. The Kier molecular flexibility index (Phi) is 3.48. The molecule has 0 spiro atoms. The van der Waals surface area contributed by atoms with E-state index in [1.54, 1.807) is 0 Å². The quantitative estimate of drug-likeness (QED) is 0.511. The zero-order valence-corrected chi connectivity index (χ0v) is 9.37. The third-order valence-electron chi connectivity index (χ3n) is 1.69. The molecule has 94 valence electrons. The summed E-state index contributed by atoms with van der Waals surface area (Å²) in [5, 5.41) is 10.5. The number of halogens is 3. The summed E-state index contributed by atoms with van der Waals surface area (Å²) in [6.45, 7) is 0. The number of anilines is 1. The lowest BCUT2D eigenvalue weighted by molar-refractivity contribution is -0.386. The highest BCUT2D eigenvalue weighted by molar-refractivity contribution is 8.13. The maximum absolute atomic E-state index is 12.4. The molecule has 2 N–H and O–H groups in total. The second kappa shape index (κ2) is 4.37. The smallest absolute Gasteiger partial charge is 0.298 e. The van der Waals surface area contributed by atoms with Crippen molar-refractivity contribution in [2.24, 2.45) is 0 Å². The van der Waals surface area contributed by atoms with Gasteiger partial charge in [0.05, 0.1) is 4.92 Å². The number of nitrogen functional groups attached to an aromatic ring is 1. The number of nitrogens with zero attached hydrogens (tertiary/aromatic N) is 2. The minimum Gasteiger partial charge on any atom is -0.383 e. The molecule has 0 amide bonds. The van der Waals surface area contributed by atoms with Gasteiger partial charge in [-0.05, 0) is 0 Å². The van der Waals surface area contributed by atoms with Crippen molar-refractivity contribution < 1.29 is 22.1 Å². The predicted octanol–water partition coefficient (Wildman–Crippen LogP) is 1.44. The van der Waals surface area contributed by atoms with Gasteiger partial charge in [-0.25, -0.2) is 22.2 Å². The molecule has 0 aliphatic carbocycles. The Labute approximate surface area is 97.8 Å². The minimum absolute atomic E-state index is 0.353. The fraction of sp³-hybridized carbons (Fsp3) is 0.167. The van der Waals surface area contributed by atoms with E-state index in [2.05, 4.69) is 4.98 Å². The molecule has 0 bridgehead atoms. The molecule has 0 unspecified atom stereocenters. The second-order valence-electron chi connectivity index (χ2n) is 2.77. The molecule has 7 nitrogen and oxygen atoms in total. The van der Waals surface area contributed by atoms with E-state index in [4.69, 9.17) is 16.4 Å². The number of rotatable bonds is 3. The Bertz CT molecular complexity index is 577. The molecule has 0 radical (unpaired) electrons. The lowest BCUT2D eigenvalue weighted by Crippen LogP contribution is -2.07. The Morgan fingerprint density at radius 2 is 2.06 bits per heavy atom. The van der Waals surface area contributed by atoms with Crippen molar-refractivity contribution in [3.8, 4) is 0 Å². The lowest BCUT2D eigenvalue weighted by Gasteiger charge is -2.05. The highest BCUT2D eigenvalue weighted by atomic mass is 35.7. The molecule has 1 heterocycles. The van der Waals surface area contributed by atoms with Crippen molar-refractivity contribution in [1.82, 2.24) is 4.98 Å². The minimum atomic E-state index is -4.40. The fourth-order valence-corrected chi connectivity index (χ4v) is 1.93. The van der Waals surface area contributed by atoms with Crippen LogP contribution in [-0.2, 0) is 9.05 Å². The van der Waals surface area contributed by atoms with E-state index in [1.807, 2.05) is 0 Å². The molecule has 0 fully saturated rings. The van der Waals surface area contributed by atoms with Gasteiger partial charge in [0, 0.05) is 16.7 Å². The molecule has 0 atom stereocenters. The number of hydrogen-bond donors (Lipinski definition) is 1. The molecule has 0 aromatic carbocycles. The topological polar surface area (TPSA) is 116 Å². The normalized spacial score (nSPS) is 11.8. The van der Waals surface area contributed by atoms with Gasteiger partial charge < -0.3 is 5.73 Å². The molecule has 0 aliphatic heterocycles. The van der Waals surface area contributed by atoms with Crippen molar-refractivity contribution >= 4 is 31.2 Å². The number of nitro groups is 1. The van der Waals surface area contributed by atoms with Crippen LogP contribution in [0, 0.1) is 10.1 Å². The van der Waals surface area contributed by atoms with Gasteiger partial charge in [-0.1, -0.05) is 0 Å². The average Bonchev–Trinajstić information content (AvgIpc) is 2.14. The van der Waals surface area contributed by atoms with Crippen LogP contribution in [0.3, 0.4) is 0 Å². The molecule has 1 aromatic heterocycles. The monoisotopic (exact) mass is 287 g/mol. The summed E-state index contributed by atoms with van der Waals surface area (Å²) < 4.78 is 46.7. The van der Waals surface area contributed by atoms with Crippen LogP contribution in [0.5, 0.6) is 0 Å². The summed E-state index contributed by atoms with van der Waals surface area (Å²) in [6.07, 6.45) is -3.26. The molecule has 1 aromatic rings. The van der Waals surface area contributed by atoms with Crippen LogP contribution in [0.2, 0.25) is 0 Å². The summed E-state index contributed by atoms with van der Waals surface area (Å²) in [5.41, 5.74) is 2.71. The number of nitrogens with two attached hydrogens (primary N) is 1. The van der Waals surface area contributed by atoms with Gasteiger partial charge in [-0.15, -0.1) is 0 Å². The SMILES string of the molecule is Nc1nc(C(F)F)c([N+](=O)[O-])cc1S(=O)(=O)Cl. The summed E-state index contributed by atoms with van der Waals surface area (Å²) >= 11 is 0. The van der Waals surface area contributed by atoms with Crippen LogP contribution in [-0.4, -0.2) is 18.3 Å². The highest BCUT2D eigenvalue weighted by Crippen LogP contribution is 2.32. The first kappa shape index (κ1) is 13.5. The van der Waals surface area contributed by atoms with Crippen LogP contribution < -0.4 is 5.73 Å². The van der Waals surface area contributed by atoms with Crippen molar-refractivity contribution in [3.63, 3.8) is 0 Å². The van der Waals surface area contributed by atoms with E-state index < -0.39 is 42.5 Å². The fourth-order valence-electron chi connectivity index (χ4n) is 1.02. The number of aromatic nitrogens is 1. The van der Waals surface area contributed by atoms with E-state index in [-0.39, 0.29) is 0 Å². The van der Waals surface area contributed by atoms with E-state index in [9.17, 15) is 27.3 Å². The van der Waals surface area contributed by atoms with Crippen molar-refractivity contribution in [2.45, 2.75) is 11.3 Å². The van der Waals surface area contributed by atoms with Crippen LogP contribution in [0.15, 0.2) is 11.0 Å². The Hall–Kier alpha value is -1.55. The Morgan fingerprint density at radius 3 is 2.41 bits per heavy atom. The van der Waals surface area contributed by atoms with Gasteiger partial charge in [0.1, 0.15) is 10.7 Å². The Balaban J connectivity index is 3.63. The maximum Gasteiger partial charge on any atom is 0.298 e. The number of alkyl halides is 2. The first-order valence-corrected chi connectivity index (χ1v) is 6.13. The molecule has 0 aliphatic rings. The van der Waals surface area contributed by atoms with Gasteiger partial charge in [0.15, 0.2) is 5.69 Å². The maximum atomic E-state index is 12.4. The summed E-state index contributed by atoms with van der Waals surface area (Å²) in [7, 11) is 0.518. The van der Waals surface area contributed by atoms with Crippen molar-refractivity contribution in [2.75, 3.05) is 5.73 Å². The molecule has 11 heteroatoms. The van der Waals surface area contributed by atoms with Crippen LogP contribution in [0.4, 0.5) is 20.3 Å². The Morgan fingerprint density at radius 1 is 1.53 bits per heavy atom. The van der Waals surface area contributed by atoms with Gasteiger partial charge in [0.25, 0.3) is 21.2 Å². The molecule has 1 rings (SSSR count). The van der Waals surface area contributed by atoms with E-state index in [0.29, 0.717) is 6.07 Å². The molecule has 17 heavy (non-hydrogen) atoms. The van der Waals surface area contributed by atoms with Gasteiger partial charge in [-0.3, -0.25) is 10.1 Å². The van der Waals surface area contributed by atoms with Crippen LogP contribution in [0.1, 0.15) is 12.1 Å². The van der Waals surface area contributed by atoms with Crippen molar-refractivity contribution in [3.05, 3.63) is 21.9 Å². The van der Waals surface area contributed by atoms with E-state index in [0.717, 1.165) is 0 Å². The summed E-state index contributed by atoms with van der Waals surface area (Å²) in [4.78, 5) is 11.4. The second-order valence-corrected chi connectivity index (χ2v) is 5.31. The van der Waals surface area contributed by atoms with E-state index >= 15 is 0 Å². The number of hydrogen-bond acceptors (Lipinski definition) is 6. The summed E-state index contributed by atoms with van der Waals surface area (Å²) in [5.74, 6) is -0.819. The zero-order valence-electron chi connectivity index (χ0n) is 7.80.